The first kappa shape index (κ1) is 28.2. The van der Waals surface area contributed by atoms with Crippen LogP contribution in [0.5, 0.6) is 0 Å². The lowest BCUT2D eigenvalue weighted by Crippen LogP contribution is -2.06. The molecule has 0 N–H and O–H groups in total. The third kappa shape index (κ3) is 4.67. The van der Waals surface area contributed by atoms with E-state index in [1.54, 1.807) is 0 Å². The van der Waals surface area contributed by atoms with E-state index >= 15 is 0 Å². The minimum atomic E-state index is 0.575. The van der Waals surface area contributed by atoms with Crippen molar-refractivity contribution in [3.63, 3.8) is 0 Å². The van der Waals surface area contributed by atoms with Gasteiger partial charge in [-0.3, -0.25) is 4.57 Å². The molecular weight excluding hydrogens is 613 g/mol. The number of para-hydroxylation sites is 1. The Morgan fingerprint density at radius 1 is 0.340 bits per heavy atom. The van der Waals surface area contributed by atoms with Crippen LogP contribution in [-0.4, -0.2) is 19.5 Å². The molecule has 10 aromatic rings. The van der Waals surface area contributed by atoms with Gasteiger partial charge in [-0.1, -0.05) is 133 Å². The van der Waals surface area contributed by atoms with E-state index < -0.39 is 0 Å². The molecule has 0 amide bonds. The molecule has 5 nitrogen and oxygen atoms in total. The number of benzene rings is 7. The van der Waals surface area contributed by atoms with Crippen LogP contribution in [-0.2, 0) is 0 Å². The number of fused-ring (bicyclic) bond motifs is 6. The van der Waals surface area contributed by atoms with Gasteiger partial charge in [0.1, 0.15) is 11.2 Å². The quantitative estimate of drug-likeness (QED) is 0.188. The van der Waals surface area contributed by atoms with Crippen LogP contribution in [0.15, 0.2) is 174 Å². The maximum Gasteiger partial charge on any atom is 0.238 e. The molecule has 0 saturated heterocycles. The highest BCUT2D eigenvalue weighted by atomic mass is 16.3. The minimum absolute atomic E-state index is 0.575. The first-order valence-corrected chi connectivity index (χ1v) is 16.7. The normalized spacial score (nSPS) is 11.6. The molecular formula is C45H28N4O. The highest BCUT2D eigenvalue weighted by Gasteiger charge is 2.19. The molecule has 0 aliphatic rings. The van der Waals surface area contributed by atoms with Crippen LogP contribution in [0.4, 0.5) is 0 Å². The number of furan rings is 1. The predicted molar refractivity (Wildman–Crippen MR) is 203 cm³/mol. The van der Waals surface area contributed by atoms with Crippen LogP contribution in [0.25, 0.3) is 94.7 Å². The molecule has 0 fully saturated rings. The lowest BCUT2D eigenvalue weighted by molar-refractivity contribution is 0.669. The SMILES string of the molecule is c1ccc(-c2ccc3oc4ccc(-c5ccc6c7ccccc7n(-c7nc(-c8ccccc8)nc(-c8ccccc8)n7)c6c5)cc4c3c2)cc1. The fourth-order valence-electron chi connectivity index (χ4n) is 7.03. The Hall–Kier alpha value is -6.85. The van der Waals surface area contributed by atoms with Crippen LogP contribution in [0.2, 0.25) is 0 Å². The average Bonchev–Trinajstić information content (AvgIpc) is 3.73. The topological polar surface area (TPSA) is 56.7 Å². The molecule has 10 rings (SSSR count). The Balaban J connectivity index is 1.18. The number of hydrogen-bond acceptors (Lipinski definition) is 4. The van der Waals surface area contributed by atoms with E-state index in [4.69, 9.17) is 19.4 Å². The van der Waals surface area contributed by atoms with Crippen molar-refractivity contribution in [2.45, 2.75) is 0 Å². The molecule has 0 aliphatic carbocycles. The van der Waals surface area contributed by atoms with Crippen molar-refractivity contribution in [1.82, 2.24) is 19.5 Å². The van der Waals surface area contributed by atoms with E-state index in [1.165, 1.54) is 11.1 Å². The fourth-order valence-corrected chi connectivity index (χ4v) is 7.03. The van der Waals surface area contributed by atoms with Crippen LogP contribution in [0.3, 0.4) is 0 Å². The van der Waals surface area contributed by atoms with Gasteiger partial charge in [0.2, 0.25) is 5.95 Å². The summed E-state index contributed by atoms with van der Waals surface area (Å²) in [5.74, 6) is 1.83. The molecule has 3 aromatic heterocycles. The fraction of sp³-hybridized carbons (Fsp3) is 0. The smallest absolute Gasteiger partial charge is 0.238 e. The van der Waals surface area contributed by atoms with E-state index in [1.807, 2.05) is 66.7 Å². The summed E-state index contributed by atoms with van der Waals surface area (Å²) in [7, 11) is 0. The predicted octanol–water partition coefficient (Wildman–Crippen LogP) is 11.5. The van der Waals surface area contributed by atoms with Crippen LogP contribution in [0, 0.1) is 0 Å². The monoisotopic (exact) mass is 640 g/mol. The molecule has 3 heterocycles. The maximum absolute atomic E-state index is 6.29. The number of aromatic nitrogens is 4. The molecule has 50 heavy (non-hydrogen) atoms. The molecule has 7 aromatic carbocycles. The van der Waals surface area contributed by atoms with Gasteiger partial charge in [-0.25, -0.2) is 4.98 Å². The maximum atomic E-state index is 6.29. The first-order valence-electron chi connectivity index (χ1n) is 16.7. The lowest BCUT2D eigenvalue weighted by Gasteiger charge is -2.11. The zero-order valence-corrected chi connectivity index (χ0v) is 26.9. The van der Waals surface area contributed by atoms with E-state index in [0.29, 0.717) is 17.6 Å². The van der Waals surface area contributed by atoms with Crippen molar-refractivity contribution in [1.29, 1.82) is 0 Å². The summed E-state index contributed by atoms with van der Waals surface area (Å²) in [4.78, 5) is 15.1. The average molecular weight is 641 g/mol. The zero-order chi connectivity index (χ0) is 33.0. The molecule has 0 spiro atoms. The van der Waals surface area contributed by atoms with Gasteiger partial charge in [0.15, 0.2) is 11.6 Å². The molecule has 0 saturated carbocycles. The standard InChI is InChI=1S/C45H28N4O/c1-4-12-29(13-5-1)32-21-24-41-37(26-32)38-27-33(22-25-42(38)50-41)34-20-23-36-35-18-10-11-19-39(35)49(40(36)28-34)45-47-43(30-14-6-2-7-15-30)46-44(48-45)31-16-8-3-9-17-31/h1-28H. The number of nitrogens with zero attached hydrogens (tertiary/aromatic N) is 4. The van der Waals surface area contributed by atoms with Gasteiger partial charge in [0.05, 0.1) is 11.0 Å². The van der Waals surface area contributed by atoms with Crippen molar-refractivity contribution in [2.75, 3.05) is 0 Å². The molecule has 234 valence electrons. The Kier molecular flexibility index (Phi) is 6.42. The van der Waals surface area contributed by atoms with E-state index in [9.17, 15) is 0 Å². The summed E-state index contributed by atoms with van der Waals surface area (Å²) >= 11 is 0. The minimum Gasteiger partial charge on any atom is -0.456 e. The van der Waals surface area contributed by atoms with E-state index in [0.717, 1.165) is 66.0 Å². The Morgan fingerprint density at radius 2 is 0.820 bits per heavy atom. The molecule has 0 atom stereocenters. The molecule has 0 bridgehead atoms. The number of rotatable bonds is 5. The van der Waals surface area contributed by atoms with Gasteiger partial charge < -0.3 is 4.42 Å². The molecule has 0 aliphatic heterocycles. The lowest BCUT2D eigenvalue weighted by atomic mass is 9.99. The van der Waals surface area contributed by atoms with Crippen molar-refractivity contribution < 1.29 is 4.42 Å². The van der Waals surface area contributed by atoms with Crippen molar-refractivity contribution >= 4 is 43.7 Å². The Bertz CT molecular complexity index is 2800. The van der Waals surface area contributed by atoms with Crippen molar-refractivity contribution in [3.05, 3.63) is 170 Å². The summed E-state index contributed by atoms with van der Waals surface area (Å²) in [5.41, 5.74) is 10.2. The summed E-state index contributed by atoms with van der Waals surface area (Å²) in [5, 5.41) is 4.47. The van der Waals surface area contributed by atoms with Crippen molar-refractivity contribution in [3.8, 4) is 51.0 Å². The second-order valence-corrected chi connectivity index (χ2v) is 12.5. The Morgan fingerprint density at radius 3 is 1.44 bits per heavy atom. The number of hydrogen-bond donors (Lipinski definition) is 0. The van der Waals surface area contributed by atoms with Gasteiger partial charge in [0, 0.05) is 32.7 Å². The highest BCUT2D eigenvalue weighted by molar-refractivity contribution is 6.11. The highest BCUT2D eigenvalue weighted by Crippen LogP contribution is 2.38. The summed E-state index contributed by atoms with van der Waals surface area (Å²) < 4.78 is 8.46. The molecule has 0 unspecified atom stereocenters. The Labute approximate surface area is 287 Å². The van der Waals surface area contributed by atoms with Crippen LogP contribution in [0.1, 0.15) is 0 Å². The van der Waals surface area contributed by atoms with Crippen LogP contribution < -0.4 is 0 Å². The van der Waals surface area contributed by atoms with Crippen molar-refractivity contribution in [2.24, 2.45) is 0 Å². The summed E-state index contributed by atoms with van der Waals surface area (Å²) in [6.07, 6.45) is 0. The van der Waals surface area contributed by atoms with Gasteiger partial charge in [-0.2, -0.15) is 9.97 Å². The third-order valence-corrected chi connectivity index (χ3v) is 9.47. The third-order valence-electron chi connectivity index (χ3n) is 9.47. The summed E-state index contributed by atoms with van der Waals surface area (Å²) in [6, 6.07) is 58.7. The molecule has 0 radical (unpaired) electrons. The van der Waals surface area contributed by atoms with Gasteiger partial charge >= 0.3 is 0 Å². The van der Waals surface area contributed by atoms with Crippen LogP contribution >= 0.6 is 0 Å². The van der Waals surface area contributed by atoms with Gasteiger partial charge in [-0.15, -0.1) is 0 Å². The largest absolute Gasteiger partial charge is 0.456 e. The zero-order valence-electron chi connectivity index (χ0n) is 26.9. The second-order valence-electron chi connectivity index (χ2n) is 12.5. The van der Waals surface area contributed by atoms with E-state index in [-0.39, 0.29) is 0 Å². The first-order chi connectivity index (χ1) is 24.8. The van der Waals surface area contributed by atoms with Gasteiger partial charge in [-0.05, 0) is 58.7 Å². The summed E-state index contributed by atoms with van der Waals surface area (Å²) in [6.45, 7) is 0. The van der Waals surface area contributed by atoms with E-state index in [2.05, 4.69) is 108 Å². The van der Waals surface area contributed by atoms with Gasteiger partial charge in [0.25, 0.3) is 0 Å². The molecule has 5 heteroatoms. The second kappa shape index (κ2) is 11.4.